The second-order valence-corrected chi connectivity index (χ2v) is 5.05. The average Bonchev–Trinajstić information content (AvgIpc) is 2.14. The lowest BCUT2D eigenvalue weighted by molar-refractivity contribution is 0.583. The quantitative estimate of drug-likeness (QED) is 0.739. The normalized spacial score (nSPS) is 11.3. The van der Waals surface area contributed by atoms with Crippen LogP contribution < -0.4 is 5.73 Å². The summed E-state index contributed by atoms with van der Waals surface area (Å²) in [7, 11) is 0. The molecule has 0 unspecified atom stereocenters. The van der Waals surface area contributed by atoms with E-state index in [1.54, 1.807) is 0 Å². The smallest absolute Gasteiger partial charge is 0.0316 e. The lowest BCUT2D eigenvalue weighted by Gasteiger charge is -2.14. The van der Waals surface area contributed by atoms with Crippen molar-refractivity contribution in [2.75, 3.05) is 5.73 Å². The van der Waals surface area contributed by atoms with E-state index >= 15 is 0 Å². The van der Waals surface area contributed by atoms with E-state index in [1.165, 1.54) is 17.5 Å². The van der Waals surface area contributed by atoms with Crippen LogP contribution in [0.25, 0.3) is 0 Å². The standard InChI is InChI=1S/C14H23N/c1-10(2)5-6-12-9-13(15)7-8-14(12)11(3)4/h7-11H,5-6,15H2,1-4H3. The molecule has 0 saturated carbocycles. The third-order valence-electron chi connectivity index (χ3n) is 2.78. The average molecular weight is 205 g/mol. The van der Waals surface area contributed by atoms with Crippen molar-refractivity contribution in [2.24, 2.45) is 5.92 Å². The molecule has 0 saturated heterocycles. The van der Waals surface area contributed by atoms with Gasteiger partial charge in [-0.25, -0.2) is 0 Å². The summed E-state index contributed by atoms with van der Waals surface area (Å²) in [5, 5.41) is 0. The molecule has 1 rings (SSSR count). The number of hydrogen-bond donors (Lipinski definition) is 1. The molecule has 0 bridgehead atoms. The second kappa shape index (κ2) is 5.20. The summed E-state index contributed by atoms with van der Waals surface area (Å²) in [4.78, 5) is 0. The van der Waals surface area contributed by atoms with Crippen molar-refractivity contribution in [1.82, 2.24) is 0 Å². The van der Waals surface area contributed by atoms with Gasteiger partial charge in [-0.2, -0.15) is 0 Å². The van der Waals surface area contributed by atoms with E-state index in [0.29, 0.717) is 5.92 Å². The van der Waals surface area contributed by atoms with Crippen LogP contribution in [0.4, 0.5) is 5.69 Å². The minimum absolute atomic E-state index is 0.591. The number of nitrogens with two attached hydrogens (primary N) is 1. The van der Waals surface area contributed by atoms with Crippen molar-refractivity contribution in [3.63, 3.8) is 0 Å². The summed E-state index contributed by atoms with van der Waals surface area (Å²) in [6.07, 6.45) is 2.39. The van der Waals surface area contributed by atoms with Crippen molar-refractivity contribution < 1.29 is 0 Å². The Kier molecular flexibility index (Phi) is 4.19. The fraction of sp³-hybridized carbons (Fsp3) is 0.571. The van der Waals surface area contributed by atoms with Crippen molar-refractivity contribution >= 4 is 5.69 Å². The van der Waals surface area contributed by atoms with Crippen LogP contribution in [0.3, 0.4) is 0 Å². The molecule has 0 heterocycles. The maximum Gasteiger partial charge on any atom is 0.0316 e. The van der Waals surface area contributed by atoms with Crippen molar-refractivity contribution in [2.45, 2.75) is 46.5 Å². The molecule has 1 heteroatoms. The number of anilines is 1. The maximum atomic E-state index is 5.83. The topological polar surface area (TPSA) is 26.0 Å². The molecule has 0 aromatic heterocycles. The largest absolute Gasteiger partial charge is 0.399 e. The van der Waals surface area contributed by atoms with Gasteiger partial charge >= 0.3 is 0 Å². The number of aryl methyl sites for hydroxylation is 1. The summed E-state index contributed by atoms with van der Waals surface area (Å²) in [5.74, 6) is 1.35. The van der Waals surface area contributed by atoms with E-state index in [4.69, 9.17) is 5.73 Å². The van der Waals surface area contributed by atoms with E-state index in [-0.39, 0.29) is 0 Å². The fourth-order valence-corrected chi connectivity index (χ4v) is 1.85. The maximum absolute atomic E-state index is 5.83. The predicted octanol–water partition coefficient (Wildman–Crippen LogP) is 3.98. The third kappa shape index (κ3) is 3.58. The Bertz CT molecular complexity index is 313. The van der Waals surface area contributed by atoms with E-state index in [1.807, 2.05) is 6.07 Å². The van der Waals surface area contributed by atoms with Crippen molar-refractivity contribution in [3.05, 3.63) is 29.3 Å². The van der Waals surface area contributed by atoms with Gasteiger partial charge in [0.1, 0.15) is 0 Å². The molecule has 15 heavy (non-hydrogen) atoms. The molecule has 84 valence electrons. The van der Waals surface area contributed by atoms with Crippen molar-refractivity contribution in [1.29, 1.82) is 0 Å². The van der Waals surface area contributed by atoms with Gasteiger partial charge in [-0.05, 0) is 47.9 Å². The molecule has 1 aromatic carbocycles. The van der Waals surface area contributed by atoms with E-state index in [2.05, 4.69) is 39.8 Å². The Balaban J connectivity index is 2.87. The zero-order valence-electron chi connectivity index (χ0n) is 10.4. The van der Waals surface area contributed by atoms with Gasteiger partial charge in [0, 0.05) is 5.69 Å². The van der Waals surface area contributed by atoms with Crippen LogP contribution in [0.15, 0.2) is 18.2 Å². The first kappa shape index (κ1) is 12.1. The Morgan fingerprint density at radius 2 is 1.80 bits per heavy atom. The van der Waals surface area contributed by atoms with Crippen LogP contribution in [0.5, 0.6) is 0 Å². The highest BCUT2D eigenvalue weighted by Gasteiger charge is 2.07. The molecule has 2 N–H and O–H groups in total. The number of nitrogen functional groups attached to an aromatic ring is 1. The summed E-state index contributed by atoms with van der Waals surface area (Å²) < 4.78 is 0. The zero-order chi connectivity index (χ0) is 11.4. The monoisotopic (exact) mass is 205 g/mol. The molecule has 0 fully saturated rings. The first-order valence-electron chi connectivity index (χ1n) is 5.89. The van der Waals surface area contributed by atoms with Crippen LogP contribution in [0.2, 0.25) is 0 Å². The SMILES string of the molecule is CC(C)CCc1cc(N)ccc1C(C)C. The molecule has 1 nitrogen and oxygen atoms in total. The lowest BCUT2D eigenvalue weighted by Crippen LogP contribution is -2.00. The molecular weight excluding hydrogens is 182 g/mol. The molecule has 1 aromatic rings. The third-order valence-corrected chi connectivity index (χ3v) is 2.78. The number of rotatable bonds is 4. The highest BCUT2D eigenvalue weighted by molar-refractivity contribution is 5.45. The summed E-state index contributed by atoms with van der Waals surface area (Å²) in [6.45, 7) is 9.01. The molecule has 0 aliphatic heterocycles. The lowest BCUT2D eigenvalue weighted by atomic mass is 9.92. The van der Waals surface area contributed by atoms with Gasteiger partial charge in [0.15, 0.2) is 0 Å². The summed E-state index contributed by atoms with van der Waals surface area (Å²) >= 11 is 0. The minimum atomic E-state index is 0.591. The minimum Gasteiger partial charge on any atom is -0.399 e. The molecule has 0 aliphatic carbocycles. The van der Waals surface area contributed by atoms with E-state index < -0.39 is 0 Å². The van der Waals surface area contributed by atoms with Crippen LogP contribution >= 0.6 is 0 Å². The Hall–Kier alpha value is -0.980. The predicted molar refractivity (Wildman–Crippen MR) is 68.1 cm³/mol. The van der Waals surface area contributed by atoms with Gasteiger partial charge < -0.3 is 5.73 Å². The van der Waals surface area contributed by atoms with Gasteiger partial charge in [-0.15, -0.1) is 0 Å². The number of hydrogen-bond acceptors (Lipinski definition) is 1. The molecule has 0 spiro atoms. The van der Waals surface area contributed by atoms with E-state index in [0.717, 1.165) is 18.0 Å². The fourth-order valence-electron chi connectivity index (χ4n) is 1.85. The van der Waals surface area contributed by atoms with Gasteiger partial charge in [0.2, 0.25) is 0 Å². The molecule has 0 amide bonds. The zero-order valence-corrected chi connectivity index (χ0v) is 10.4. The van der Waals surface area contributed by atoms with E-state index in [9.17, 15) is 0 Å². The van der Waals surface area contributed by atoms with Gasteiger partial charge in [-0.1, -0.05) is 33.8 Å². The van der Waals surface area contributed by atoms with Gasteiger partial charge in [0.25, 0.3) is 0 Å². The van der Waals surface area contributed by atoms with Crippen LogP contribution in [0, 0.1) is 5.92 Å². The van der Waals surface area contributed by atoms with Gasteiger partial charge in [-0.3, -0.25) is 0 Å². The molecule has 0 atom stereocenters. The molecular formula is C14H23N. The second-order valence-electron chi connectivity index (χ2n) is 5.05. The first-order valence-corrected chi connectivity index (χ1v) is 5.89. The Labute approximate surface area is 93.7 Å². The molecule has 0 radical (unpaired) electrons. The van der Waals surface area contributed by atoms with Gasteiger partial charge in [0.05, 0.1) is 0 Å². The van der Waals surface area contributed by atoms with Crippen LogP contribution in [-0.2, 0) is 6.42 Å². The number of benzene rings is 1. The Morgan fingerprint density at radius 3 is 2.33 bits per heavy atom. The van der Waals surface area contributed by atoms with Crippen LogP contribution in [-0.4, -0.2) is 0 Å². The molecule has 0 aliphatic rings. The highest BCUT2D eigenvalue weighted by Crippen LogP contribution is 2.23. The van der Waals surface area contributed by atoms with Crippen LogP contribution in [0.1, 0.15) is 51.2 Å². The van der Waals surface area contributed by atoms with Crippen molar-refractivity contribution in [3.8, 4) is 0 Å². The summed E-state index contributed by atoms with van der Waals surface area (Å²) in [6, 6.07) is 6.32. The summed E-state index contributed by atoms with van der Waals surface area (Å²) in [5.41, 5.74) is 9.60. The highest BCUT2D eigenvalue weighted by atomic mass is 14.5. The Morgan fingerprint density at radius 1 is 1.13 bits per heavy atom. The first-order chi connectivity index (χ1) is 7.00.